The first-order valence-electron chi connectivity index (χ1n) is 7.56. The van der Waals surface area contributed by atoms with Crippen molar-refractivity contribution in [1.82, 2.24) is 0 Å². The van der Waals surface area contributed by atoms with E-state index in [1.165, 1.54) is 0 Å². The average molecular weight is 298 g/mol. The van der Waals surface area contributed by atoms with E-state index in [1.807, 2.05) is 30.3 Å². The van der Waals surface area contributed by atoms with Crippen LogP contribution < -0.4 is 0 Å². The highest BCUT2D eigenvalue weighted by Crippen LogP contribution is 2.28. The third-order valence-corrected chi connectivity index (χ3v) is 4.01. The molecule has 114 valence electrons. The topological polar surface area (TPSA) is 52.6 Å². The lowest BCUT2D eigenvalue weighted by molar-refractivity contribution is -0.141. The zero-order chi connectivity index (χ0) is 15.4. The molecule has 1 heterocycles. The van der Waals surface area contributed by atoms with Gasteiger partial charge in [-0.3, -0.25) is 0 Å². The van der Waals surface area contributed by atoms with Gasteiger partial charge in [0.15, 0.2) is 0 Å². The van der Waals surface area contributed by atoms with E-state index in [9.17, 15) is 9.59 Å². The lowest BCUT2D eigenvalue weighted by Crippen LogP contribution is -2.21. The number of cyclic esters (lactones) is 2. The van der Waals surface area contributed by atoms with Crippen LogP contribution >= 0.6 is 0 Å². The summed E-state index contributed by atoms with van der Waals surface area (Å²) in [6.45, 7) is 0.384. The number of hydrogen-bond donors (Lipinski definition) is 0. The van der Waals surface area contributed by atoms with Crippen LogP contribution in [0.25, 0.3) is 5.57 Å². The molecular weight excluding hydrogens is 280 g/mol. The monoisotopic (exact) mass is 298 g/mol. The summed E-state index contributed by atoms with van der Waals surface area (Å²) in [6.07, 6.45) is 4.80. The molecule has 0 N–H and O–H groups in total. The highest BCUT2D eigenvalue weighted by molar-refractivity contribution is 6.01. The SMILES string of the molecule is O=C1OC/C=C(/c2ccccc2)COC(=O)C2=C1CCCC2. The standard InChI is InChI=1S/C18H18O4/c19-17-15-8-4-5-9-16(15)18(20)22-12-14(10-11-21-17)13-6-2-1-3-7-13/h1-3,6-7,10H,4-5,8-9,11-12H2/b14-10+. The maximum absolute atomic E-state index is 12.3. The molecule has 2 aliphatic rings. The van der Waals surface area contributed by atoms with Gasteiger partial charge in [0.2, 0.25) is 0 Å². The number of hydrogen-bond acceptors (Lipinski definition) is 4. The van der Waals surface area contributed by atoms with Crippen LogP contribution in [-0.2, 0) is 19.1 Å². The second-order valence-corrected chi connectivity index (χ2v) is 5.43. The van der Waals surface area contributed by atoms with E-state index in [4.69, 9.17) is 9.47 Å². The Hall–Kier alpha value is -2.36. The molecule has 4 heteroatoms. The van der Waals surface area contributed by atoms with Crippen LogP contribution in [0.15, 0.2) is 47.6 Å². The van der Waals surface area contributed by atoms with Gasteiger partial charge in [0.25, 0.3) is 0 Å². The Labute approximate surface area is 129 Å². The maximum Gasteiger partial charge on any atom is 0.334 e. The summed E-state index contributed by atoms with van der Waals surface area (Å²) >= 11 is 0. The van der Waals surface area contributed by atoms with Crippen molar-refractivity contribution in [1.29, 1.82) is 0 Å². The summed E-state index contributed by atoms with van der Waals surface area (Å²) < 4.78 is 10.7. The molecule has 0 fully saturated rings. The number of carbonyl (C=O) groups is 2. The fourth-order valence-corrected chi connectivity index (χ4v) is 2.80. The molecule has 0 unspecified atom stereocenters. The molecule has 3 rings (SSSR count). The van der Waals surface area contributed by atoms with Crippen LogP contribution in [0.4, 0.5) is 0 Å². The fourth-order valence-electron chi connectivity index (χ4n) is 2.80. The Balaban J connectivity index is 1.86. The van der Waals surface area contributed by atoms with Crippen molar-refractivity contribution < 1.29 is 19.1 Å². The number of carbonyl (C=O) groups excluding carboxylic acids is 2. The molecule has 0 spiro atoms. The highest BCUT2D eigenvalue weighted by atomic mass is 16.5. The summed E-state index contributed by atoms with van der Waals surface area (Å²) in [5.41, 5.74) is 2.80. The second-order valence-electron chi connectivity index (χ2n) is 5.43. The van der Waals surface area contributed by atoms with Gasteiger partial charge >= 0.3 is 11.9 Å². The Morgan fingerprint density at radius 3 is 2.14 bits per heavy atom. The fraction of sp³-hybridized carbons (Fsp3) is 0.333. The molecule has 0 saturated carbocycles. The molecule has 0 atom stereocenters. The average Bonchev–Trinajstić information content (AvgIpc) is 2.57. The van der Waals surface area contributed by atoms with E-state index in [2.05, 4.69) is 0 Å². The van der Waals surface area contributed by atoms with Gasteiger partial charge in [0.1, 0.15) is 13.2 Å². The van der Waals surface area contributed by atoms with Crippen molar-refractivity contribution in [3.05, 3.63) is 53.1 Å². The molecular formula is C18H18O4. The van der Waals surface area contributed by atoms with Crippen LogP contribution in [0, 0.1) is 0 Å². The predicted octanol–water partition coefficient (Wildman–Crippen LogP) is 3.04. The Morgan fingerprint density at radius 1 is 0.818 bits per heavy atom. The van der Waals surface area contributed by atoms with Gasteiger partial charge in [-0.05, 0) is 42.9 Å². The van der Waals surface area contributed by atoms with E-state index in [0.717, 1.165) is 24.0 Å². The van der Waals surface area contributed by atoms with Gasteiger partial charge in [-0.1, -0.05) is 30.3 Å². The lowest BCUT2D eigenvalue weighted by Gasteiger charge is -2.20. The van der Waals surface area contributed by atoms with Gasteiger partial charge in [-0.2, -0.15) is 0 Å². The first-order valence-corrected chi connectivity index (χ1v) is 7.56. The minimum atomic E-state index is -0.393. The third-order valence-electron chi connectivity index (χ3n) is 4.01. The van der Waals surface area contributed by atoms with E-state index >= 15 is 0 Å². The Kier molecular flexibility index (Phi) is 4.37. The molecule has 22 heavy (non-hydrogen) atoms. The van der Waals surface area contributed by atoms with Crippen molar-refractivity contribution in [2.24, 2.45) is 0 Å². The van der Waals surface area contributed by atoms with Crippen LogP contribution in [0.1, 0.15) is 31.2 Å². The molecule has 0 amide bonds. The summed E-state index contributed by atoms with van der Waals surface area (Å²) in [5, 5.41) is 0. The minimum Gasteiger partial charge on any atom is -0.458 e. The third kappa shape index (κ3) is 3.11. The minimum absolute atomic E-state index is 0.192. The number of esters is 2. The zero-order valence-electron chi connectivity index (χ0n) is 12.3. The van der Waals surface area contributed by atoms with Crippen LogP contribution in [0.5, 0.6) is 0 Å². The Morgan fingerprint density at radius 2 is 1.45 bits per heavy atom. The zero-order valence-corrected chi connectivity index (χ0v) is 12.3. The lowest BCUT2D eigenvalue weighted by atomic mass is 9.91. The van der Waals surface area contributed by atoms with Gasteiger partial charge in [0.05, 0.1) is 0 Å². The number of rotatable bonds is 1. The van der Waals surface area contributed by atoms with E-state index < -0.39 is 11.9 Å². The molecule has 4 nitrogen and oxygen atoms in total. The normalized spacial score (nSPS) is 22.1. The van der Waals surface area contributed by atoms with Crippen molar-refractivity contribution in [3.8, 4) is 0 Å². The number of benzene rings is 1. The predicted molar refractivity (Wildman–Crippen MR) is 81.8 cm³/mol. The summed E-state index contributed by atoms with van der Waals surface area (Å²) in [6, 6.07) is 9.65. The largest absolute Gasteiger partial charge is 0.458 e. The van der Waals surface area contributed by atoms with E-state index in [0.29, 0.717) is 24.0 Å². The summed E-state index contributed by atoms with van der Waals surface area (Å²) in [4.78, 5) is 24.4. The first kappa shape index (κ1) is 14.6. The van der Waals surface area contributed by atoms with Gasteiger partial charge in [-0.25, -0.2) is 9.59 Å². The van der Waals surface area contributed by atoms with Crippen LogP contribution in [0.3, 0.4) is 0 Å². The second kappa shape index (κ2) is 6.60. The smallest absolute Gasteiger partial charge is 0.334 e. The molecule has 0 radical (unpaired) electrons. The Bertz CT molecular complexity index is 640. The van der Waals surface area contributed by atoms with Gasteiger partial charge < -0.3 is 9.47 Å². The first-order chi connectivity index (χ1) is 10.8. The van der Waals surface area contributed by atoms with Crippen molar-refractivity contribution in [3.63, 3.8) is 0 Å². The molecule has 0 saturated heterocycles. The molecule has 1 aliphatic heterocycles. The number of ether oxygens (including phenoxy) is 2. The van der Waals surface area contributed by atoms with Crippen molar-refractivity contribution >= 4 is 17.5 Å². The molecule has 1 aliphatic carbocycles. The van der Waals surface area contributed by atoms with E-state index in [-0.39, 0.29) is 13.2 Å². The molecule has 0 bridgehead atoms. The maximum atomic E-state index is 12.3. The summed E-state index contributed by atoms with van der Waals surface area (Å²) in [7, 11) is 0. The molecule has 1 aromatic rings. The van der Waals surface area contributed by atoms with Gasteiger partial charge in [0, 0.05) is 11.1 Å². The molecule has 0 aromatic heterocycles. The van der Waals surface area contributed by atoms with Crippen molar-refractivity contribution in [2.75, 3.05) is 13.2 Å². The summed E-state index contributed by atoms with van der Waals surface area (Å²) in [5.74, 6) is -0.785. The quantitative estimate of drug-likeness (QED) is 0.748. The van der Waals surface area contributed by atoms with Crippen LogP contribution in [-0.4, -0.2) is 25.2 Å². The molecule has 1 aromatic carbocycles. The van der Waals surface area contributed by atoms with Gasteiger partial charge in [-0.15, -0.1) is 0 Å². The van der Waals surface area contributed by atoms with Crippen molar-refractivity contribution in [2.45, 2.75) is 25.7 Å². The van der Waals surface area contributed by atoms with E-state index in [1.54, 1.807) is 6.08 Å². The highest BCUT2D eigenvalue weighted by Gasteiger charge is 2.26. The van der Waals surface area contributed by atoms with Crippen LogP contribution in [0.2, 0.25) is 0 Å².